The Morgan fingerprint density at radius 2 is 1.65 bits per heavy atom. The molecule has 0 aromatic rings. The first kappa shape index (κ1) is 14.5. The van der Waals surface area contributed by atoms with Crippen LogP contribution in [0.1, 0.15) is 33.1 Å². The Kier molecular flexibility index (Phi) is 7.21. The lowest BCUT2D eigenvalue weighted by Crippen LogP contribution is -2.47. The molecule has 1 aliphatic heterocycles. The first-order valence-corrected chi connectivity index (χ1v) is 6.86. The Morgan fingerprint density at radius 3 is 2.18 bits per heavy atom. The predicted molar refractivity (Wildman–Crippen MR) is 69.0 cm³/mol. The second-order valence-electron chi connectivity index (χ2n) is 4.59. The summed E-state index contributed by atoms with van der Waals surface area (Å²) < 4.78 is 4.93. The number of ether oxygens (including phenoxy) is 1. The van der Waals surface area contributed by atoms with E-state index in [9.17, 15) is 4.79 Å². The van der Waals surface area contributed by atoms with Crippen LogP contribution in [0.25, 0.3) is 0 Å². The van der Waals surface area contributed by atoms with Gasteiger partial charge in [0.2, 0.25) is 0 Å². The Morgan fingerprint density at radius 1 is 1.06 bits per heavy atom. The minimum absolute atomic E-state index is 0.0686. The van der Waals surface area contributed by atoms with Crippen LogP contribution >= 0.6 is 0 Å². The maximum atomic E-state index is 11.2. The monoisotopic (exact) mass is 242 g/mol. The van der Waals surface area contributed by atoms with Crippen LogP contribution in [-0.4, -0.2) is 61.6 Å². The highest BCUT2D eigenvalue weighted by Crippen LogP contribution is 2.04. The molecule has 0 aromatic carbocycles. The second-order valence-corrected chi connectivity index (χ2v) is 4.59. The fraction of sp³-hybridized carbons (Fsp3) is 0.923. The Labute approximate surface area is 105 Å². The zero-order valence-electron chi connectivity index (χ0n) is 11.3. The van der Waals surface area contributed by atoms with Gasteiger partial charge in [0.15, 0.2) is 0 Å². The quantitative estimate of drug-likeness (QED) is 0.631. The SMILES string of the molecule is CCCCN1CCN(CCC(=O)OCC)CC1. The number of piperazine rings is 1. The van der Waals surface area contributed by atoms with E-state index in [1.807, 2.05) is 6.92 Å². The first-order chi connectivity index (χ1) is 8.26. The maximum Gasteiger partial charge on any atom is 0.307 e. The van der Waals surface area contributed by atoms with Gasteiger partial charge in [-0.05, 0) is 19.9 Å². The number of rotatable bonds is 7. The zero-order valence-corrected chi connectivity index (χ0v) is 11.3. The van der Waals surface area contributed by atoms with Crippen LogP contribution in [0.2, 0.25) is 0 Å². The number of esters is 1. The van der Waals surface area contributed by atoms with Crippen molar-refractivity contribution < 1.29 is 9.53 Å². The summed E-state index contributed by atoms with van der Waals surface area (Å²) in [5.74, 6) is -0.0686. The third kappa shape index (κ3) is 6.03. The highest BCUT2D eigenvalue weighted by Gasteiger charge is 2.16. The van der Waals surface area contributed by atoms with Gasteiger partial charge in [-0.25, -0.2) is 0 Å². The van der Waals surface area contributed by atoms with E-state index in [-0.39, 0.29) is 5.97 Å². The number of carbonyl (C=O) groups is 1. The Bertz CT molecular complexity index is 213. The first-order valence-electron chi connectivity index (χ1n) is 6.86. The predicted octanol–water partition coefficient (Wildman–Crippen LogP) is 1.36. The molecule has 4 nitrogen and oxygen atoms in total. The van der Waals surface area contributed by atoms with E-state index in [4.69, 9.17) is 4.74 Å². The van der Waals surface area contributed by atoms with Crippen molar-refractivity contribution in [2.24, 2.45) is 0 Å². The highest BCUT2D eigenvalue weighted by atomic mass is 16.5. The molecule has 1 fully saturated rings. The summed E-state index contributed by atoms with van der Waals surface area (Å²) >= 11 is 0. The summed E-state index contributed by atoms with van der Waals surface area (Å²) in [4.78, 5) is 16.1. The molecule has 1 rings (SSSR count). The number of hydrogen-bond donors (Lipinski definition) is 0. The summed E-state index contributed by atoms with van der Waals surface area (Å²) in [5, 5.41) is 0. The van der Waals surface area contributed by atoms with E-state index in [2.05, 4.69) is 16.7 Å². The van der Waals surface area contributed by atoms with E-state index in [0.717, 1.165) is 32.7 Å². The lowest BCUT2D eigenvalue weighted by Gasteiger charge is -2.34. The van der Waals surface area contributed by atoms with Gasteiger partial charge < -0.3 is 14.5 Å². The van der Waals surface area contributed by atoms with Crippen molar-refractivity contribution in [3.8, 4) is 0 Å². The van der Waals surface area contributed by atoms with Crippen molar-refractivity contribution >= 4 is 5.97 Å². The smallest absolute Gasteiger partial charge is 0.307 e. The minimum Gasteiger partial charge on any atom is -0.466 e. The van der Waals surface area contributed by atoms with E-state index < -0.39 is 0 Å². The Hall–Kier alpha value is -0.610. The lowest BCUT2D eigenvalue weighted by molar-refractivity contribution is -0.143. The second kappa shape index (κ2) is 8.48. The standard InChI is InChI=1S/C13H26N2O2/c1-3-5-7-14-9-11-15(12-10-14)8-6-13(16)17-4-2/h3-12H2,1-2H3. The van der Waals surface area contributed by atoms with Gasteiger partial charge in [-0.2, -0.15) is 0 Å². The van der Waals surface area contributed by atoms with Gasteiger partial charge in [0.25, 0.3) is 0 Å². The Balaban J connectivity index is 2.08. The van der Waals surface area contributed by atoms with E-state index in [1.54, 1.807) is 0 Å². The van der Waals surface area contributed by atoms with Crippen LogP contribution in [0.3, 0.4) is 0 Å². The molecule has 0 spiro atoms. The van der Waals surface area contributed by atoms with E-state index in [0.29, 0.717) is 13.0 Å². The molecule has 0 unspecified atom stereocenters. The molecule has 0 N–H and O–H groups in total. The lowest BCUT2D eigenvalue weighted by atomic mass is 10.2. The van der Waals surface area contributed by atoms with E-state index >= 15 is 0 Å². The minimum atomic E-state index is -0.0686. The van der Waals surface area contributed by atoms with Crippen molar-refractivity contribution in [2.45, 2.75) is 33.1 Å². The molecule has 1 saturated heterocycles. The molecule has 0 atom stereocenters. The van der Waals surface area contributed by atoms with Crippen LogP contribution in [0.4, 0.5) is 0 Å². The fourth-order valence-electron chi connectivity index (χ4n) is 2.10. The third-order valence-electron chi connectivity index (χ3n) is 3.23. The number of carbonyl (C=O) groups excluding carboxylic acids is 1. The largest absolute Gasteiger partial charge is 0.466 e. The molecule has 0 aliphatic carbocycles. The molecule has 0 radical (unpaired) electrons. The molecule has 100 valence electrons. The molecule has 0 saturated carbocycles. The molecule has 1 heterocycles. The average Bonchev–Trinajstić information content (AvgIpc) is 2.35. The van der Waals surface area contributed by atoms with Crippen LogP contribution in [0, 0.1) is 0 Å². The number of nitrogens with zero attached hydrogens (tertiary/aromatic N) is 2. The maximum absolute atomic E-state index is 11.2. The van der Waals surface area contributed by atoms with Crippen molar-refractivity contribution in [1.29, 1.82) is 0 Å². The average molecular weight is 242 g/mol. The van der Waals surface area contributed by atoms with E-state index in [1.165, 1.54) is 19.4 Å². The van der Waals surface area contributed by atoms with Gasteiger partial charge in [-0.3, -0.25) is 4.79 Å². The van der Waals surface area contributed by atoms with Gasteiger partial charge in [0.1, 0.15) is 0 Å². The summed E-state index contributed by atoms with van der Waals surface area (Å²) in [5.41, 5.74) is 0. The van der Waals surface area contributed by atoms with Crippen molar-refractivity contribution in [1.82, 2.24) is 9.80 Å². The summed E-state index contributed by atoms with van der Waals surface area (Å²) in [6.45, 7) is 11.1. The molecule has 1 aliphatic rings. The van der Waals surface area contributed by atoms with Gasteiger partial charge in [0.05, 0.1) is 13.0 Å². The molecular weight excluding hydrogens is 216 g/mol. The molecule has 0 bridgehead atoms. The summed E-state index contributed by atoms with van der Waals surface area (Å²) in [6.07, 6.45) is 3.09. The van der Waals surface area contributed by atoms with Crippen molar-refractivity contribution in [3.05, 3.63) is 0 Å². The van der Waals surface area contributed by atoms with Crippen molar-refractivity contribution in [2.75, 3.05) is 45.9 Å². The fourth-order valence-corrected chi connectivity index (χ4v) is 2.10. The molecule has 0 amide bonds. The van der Waals surface area contributed by atoms with Crippen molar-refractivity contribution in [3.63, 3.8) is 0 Å². The zero-order chi connectivity index (χ0) is 12.5. The van der Waals surface area contributed by atoms with Crippen LogP contribution < -0.4 is 0 Å². The molecular formula is C13H26N2O2. The van der Waals surface area contributed by atoms with Gasteiger partial charge in [0, 0.05) is 32.7 Å². The molecule has 0 aromatic heterocycles. The number of unbranched alkanes of at least 4 members (excludes halogenated alkanes) is 1. The van der Waals surface area contributed by atoms with Crippen LogP contribution in [0.15, 0.2) is 0 Å². The molecule has 17 heavy (non-hydrogen) atoms. The van der Waals surface area contributed by atoms with Gasteiger partial charge in [-0.1, -0.05) is 13.3 Å². The van der Waals surface area contributed by atoms with Crippen LogP contribution in [0.5, 0.6) is 0 Å². The number of hydrogen-bond acceptors (Lipinski definition) is 4. The normalized spacial score (nSPS) is 18.2. The topological polar surface area (TPSA) is 32.8 Å². The van der Waals surface area contributed by atoms with Crippen LogP contribution in [-0.2, 0) is 9.53 Å². The molecule has 4 heteroatoms. The van der Waals surface area contributed by atoms with Gasteiger partial charge >= 0.3 is 5.97 Å². The van der Waals surface area contributed by atoms with Gasteiger partial charge in [-0.15, -0.1) is 0 Å². The summed E-state index contributed by atoms with van der Waals surface area (Å²) in [6, 6.07) is 0. The summed E-state index contributed by atoms with van der Waals surface area (Å²) in [7, 11) is 0. The third-order valence-corrected chi connectivity index (χ3v) is 3.23. The highest BCUT2D eigenvalue weighted by molar-refractivity contribution is 5.69.